The van der Waals surface area contributed by atoms with Crippen LogP contribution < -0.4 is 0 Å². The van der Waals surface area contributed by atoms with Crippen molar-refractivity contribution in [3.8, 4) is 0 Å². The van der Waals surface area contributed by atoms with Gasteiger partial charge in [0, 0.05) is 6.42 Å². The Hall–Kier alpha value is -1.18. The van der Waals surface area contributed by atoms with Crippen LogP contribution in [0.5, 0.6) is 0 Å². The van der Waals surface area contributed by atoms with E-state index < -0.39 is 24.0 Å². The van der Waals surface area contributed by atoms with Crippen molar-refractivity contribution in [3.05, 3.63) is 0 Å². The standard InChI is InChI=1S/C16H30O7/c1-3-5-7-9-13(8-6-4-2)23-15(19)16(20,10-11-22-21)12-14(17)18/h13,20-21H,3-12H2,1-2H3,(H,17,18). The average Bonchev–Trinajstić information content (AvgIpc) is 2.49. The van der Waals surface area contributed by atoms with Crippen molar-refractivity contribution < 1.29 is 34.7 Å². The Balaban J connectivity index is 4.80. The van der Waals surface area contributed by atoms with E-state index in [0.717, 1.165) is 32.1 Å². The highest BCUT2D eigenvalue weighted by Gasteiger charge is 2.41. The van der Waals surface area contributed by atoms with Gasteiger partial charge in [-0.15, -0.1) is 0 Å². The number of esters is 1. The third kappa shape index (κ3) is 9.53. The van der Waals surface area contributed by atoms with Gasteiger partial charge in [-0.25, -0.2) is 9.68 Å². The highest BCUT2D eigenvalue weighted by atomic mass is 17.1. The summed E-state index contributed by atoms with van der Waals surface area (Å²) in [5.74, 6) is -2.28. The van der Waals surface area contributed by atoms with Crippen LogP contribution in [-0.2, 0) is 19.2 Å². The van der Waals surface area contributed by atoms with Crippen LogP contribution in [0.25, 0.3) is 0 Å². The minimum absolute atomic E-state index is 0.329. The first kappa shape index (κ1) is 21.8. The molecule has 23 heavy (non-hydrogen) atoms. The quantitative estimate of drug-likeness (QED) is 0.194. The zero-order chi connectivity index (χ0) is 17.7. The second-order valence-corrected chi connectivity index (χ2v) is 5.85. The fourth-order valence-electron chi connectivity index (χ4n) is 2.30. The van der Waals surface area contributed by atoms with Crippen molar-refractivity contribution >= 4 is 11.9 Å². The fourth-order valence-corrected chi connectivity index (χ4v) is 2.30. The third-order valence-electron chi connectivity index (χ3n) is 3.71. The molecule has 0 saturated carbocycles. The van der Waals surface area contributed by atoms with Gasteiger partial charge in [0.05, 0.1) is 13.0 Å². The molecule has 0 aromatic heterocycles. The molecule has 0 rings (SSSR count). The molecular weight excluding hydrogens is 304 g/mol. The summed E-state index contributed by atoms with van der Waals surface area (Å²) in [4.78, 5) is 27.0. The molecule has 0 spiro atoms. The van der Waals surface area contributed by atoms with Crippen LogP contribution in [0.4, 0.5) is 0 Å². The number of aliphatic hydroxyl groups is 1. The van der Waals surface area contributed by atoms with Gasteiger partial charge in [-0.2, -0.15) is 0 Å². The largest absolute Gasteiger partial charge is 0.481 e. The lowest BCUT2D eigenvalue weighted by Crippen LogP contribution is -2.44. The summed E-state index contributed by atoms with van der Waals surface area (Å²) in [5.41, 5.74) is -2.19. The van der Waals surface area contributed by atoms with Gasteiger partial charge in [-0.05, 0) is 19.3 Å². The van der Waals surface area contributed by atoms with Gasteiger partial charge in [0.2, 0.25) is 0 Å². The van der Waals surface area contributed by atoms with Crippen molar-refractivity contribution in [1.29, 1.82) is 0 Å². The Morgan fingerprint density at radius 3 is 2.22 bits per heavy atom. The van der Waals surface area contributed by atoms with Crippen molar-refractivity contribution in [2.75, 3.05) is 6.61 Å². The van der Waals surface area contributed by atoms with Crippen molar-refractivity contribution in [1.82, 2.24) is 0 Å². The van der Waals surface area contributed by atoms with E-state index in [1.807, 2.05) is 6.92 Å². The lowest BCUT2D eigenvalue weighted by atomic mass is 9.95. The molecule has 0 bridgehead atoms. The summed E-state index contributed by atoms with van der Waals surface area (Å²) >= 11 is 0. The number of rotatable bonds is 14. The number of carbonyl (C=O) groups is 2. The maximum atomic E-state index is 12.2. The Labute approximate surface area is 137 Å². The van der Waals surface area contributed by atoms with Gasteiger partial charge in [-0.1, -0.05) is 39.5 Å². The number of ether oxygens (including phenoxy) is 1. The number of hydrogen-bond acceptors (Lipinski definition) is 6. The summed E-state index contributed by atoms with van der Waals surface area (Å²) < 4.78 is 5.37. The SMILES string of the molecule is CCCCCC(CCCC)OC(=O)C(O)(CCOO)CC(=O)O. The van der Waals surface area contributed by atoms with Crippen molar-refractivity contribution in [2.45, 2.75) is 83.3 Å². The first-order chi connectivity index (χ1) is 10.9. The highest BCUT2D eigenvalue weighted by molar-refractivity contribution is 5.85. The zero-order valence-corrected chi connectivity index (χ0v) is 14.1. The highest BCUT2D eigenvalue weighted by Crippen LogP contribution is 2.22. The second-order valence-electron chi connectivity index (χ2n) is 5.85. The number of hydrogen-bond donors (Lipinski definition) is 3. The molecule has 0 aliphatic rings. The molecule has 0 fully saturated rings. The number of carbonyl (C=O) groups excluding carboxylic acids is 1. The second kappa shape index (κ2) is 12.3. The molecule has 0 aliphatic carbocycles. The first-order valence-corrected chi connectivity index (χ1v) is 8.31. The van der Waals surface area contributed by atoms with E-state index >= 15 is 0 Å². The van der Waals surface area contributed by atoms with E-state index in [1.165, 1.54) is 0 Å². The minimum atomic E-state index is -2.19. The van der Waals surface area contributed by atoms with Gasteiger partial charge >= 0.3 is 11.9 Å². The van der Waals surface area contributed by atoms with E-state index in [9.17, 15) is 14.7 Å². The molecular formula is C16H30O7. The maximum absolute atomic E-state index is 12.2. The number of carboxylic acids is 1. The summed E-state index contributed by atoms with van der Waals surface area (Å²) in [7, 11) is 0. The predicted octanol–water partition coefficient (Wildman–Crippen LogP) is 2.75. The Morgan fingerprint density at radius 1 is 1.09 bits per heavy atom. The Kier molecular flexibility index (Phi) is 11.6. The molecule has 7 heteroatoms. The molecule has 0 aromatic carbocycles. The molecule has 0 amide bonds. The maximum Gasteiger partial charge on any atom is 0.339 e. The molecule has 3 N–H and O–H groups in total. The average molecular weight is 334 g/mol. The van der Waals surface area contributed by atoms with E-state index in [2.05, 4.69) is 11.8 Å². The lowest BCUT2D eigenvalue weighted by molar-refractivity contribution is -0.250. The van der Waals surface area contributed by atoms with Crippen LogP contribution in [-0.4, -0.2) is 45.7 Å². The summed E-state index contributed by atoms with van der Waals surface area (Å²) in [5, 5.41) is 27.5. The summed E-state index contributed by atoms with van der Waals surface area (Å²) in [6, 6.07) is 0. The fraction of sp³-hybridized carbons (Fsp3) is 0.875. The molecule has 136 valence electrons. The normalized spacial score (nSPS) is 15.0. The van der Waals surface area contributed by atoms with E-state index in [-0.39, 0.29) is 19.1 Å². The topological polar surface area (TPSA) is 113 Å². The molecule has 0 heterocycles. The van der Waals surface area contributed by atoms with E-state index in [0.29, 0.717) is 12.8 Å². The zero-order valence-electron chi connectivity index (χ0n) is 14.1. The van der Waals surface area contributed by atoms with Crippen LogP contribution in [0.2, 0.25) is 0 Å². The van der Waals surface area contributed by atoms with Gasteiger partial charge < -0.3 is 14.9 Å². The lowest BCUT2D eigenvalue weighted by Gasteiger charge is -2.27. The molecule has 0 aliphatic heterocycles. The Bertz CT molecular complexity index is 345. The number of aliphatic carboxylic acids is 1. The predicted molar refractivity (Wildman–Crippen MR) is 83.9 cm³/mol. The molecule has 0 saturated heterocycles. The van der Waals surface area contributed by atoms with Crippen molar-refractivity contribution in [2.24, 2.45) is 0 Å². The van der Waals surface area contributed by atoms with Gasteiger partial charge in [0.25, 0.3) is 0 Å². The van der Waals surface area contributed by atoms with Gasteiger partial charge in [-0.3, -0.25) is 10.1 Å². The van der Waals surface area contributed by atoms with E-state index in [1.54, 1.807) is 0 Å². The molecule has 2 atom stereocenters. The van der Waals surface area contributed by atoms with Crippen LogP contribution in [0.15, 0.2) is 0 Å². The monoisotopic (exact) mass is 334 g/mol. The van der Waals surface area contributed by atoms with E-state index in [4.69, 9.17) is 15.1 Å². The van der Waals surface area contributed by atoms with Gasteiger partial charge in [0.1, 0.15) is 6.10 Å². The van der Waals surface area contributed by atoms with Crippen LogP contribution in [0.3, 0.4) is 0 Å². The van der Waals surface area contributed by atoms with Gasteiger partial charge in [0.15, 0.2) is 5.60 Å². The van der Waals surface area contributed by atoms with Crippen LogP contribution in [0, 0.1) is 0 Å². The first-order valence-electron chi connectivity index (χ1n) is 8.31. The summed E-state index contributed by atoms with van der Waals surface area (Å²) in [6.45, 7) is 3.76. The van der Waals surface area contributed by atoms with Crippen LogP contribution >= 0.6 is 0 Å². The molecule has 2 unspecified atom stereocenters. The molecule has 7 nitrogen and oxygen atoms in total. The third-order valence-corrected chi connectivity index (χ3v) is 3.71. The smallest absolute Gasteiger partial charge is 0.339 e. The molecule has 0 aromatic rings. The molecule has 0 radical (unpaired) electrons. The minimum Gasteiger partial charge on any atom is -0.481 e. The van der Waals surface area contributed by atoms with Crippen molar-refractivity contribution in [3.63, 3.8) is 0 Å². The van der Waals surface area contributed by atoms with Crippen LogP contribution in [0.1, 0.15) is 71.6 Å². The Morgan fingerprint density at radius 2 is 1.70 bits per heavy atom. The summed E-state index contributed by atoms with van der Waals surface area (Å²) in [6.07, 6.45) is 4.75. The number of carboxylic acid groups (broad SMARTS) is 1. The number of unbranched alkanes of at least 4 members (excludes halogenated alkanes) is 3.